The predicted molar refractivity (Wildman–Crippen MR) is 142 cm³/mol. The van der Waals surface area contributed by atoms with Gasteiger partial charge >= 0.3 is 5.97 Å². The Hall–Kier alpha value is -3.31. The second-order valence-corrected chi connectivity index (χ2v) is 10.5. The average Bonchev–Trinajstić information content (AvgIpc) is 2.84. The van der Waals surface area contributed by atoms with E-state index in [0.29, 0.717) is 22.1 Å². The number of nitrogens with zero attached hydrogens (tertiary/aromatic N) is 1. The number of amides is 1. The molecule has 1 heterocycles. The van der Waals surface area contributed by atoms with Gasteiger partial charge in [0, 0.05) is 23.6 Å². The van der Waals surface area contributed by atoms with Gasteiger partial charge in [-0.25, -0.2) is 0 Å². The standard InChI is InChI=1S/C30H32ClNO4/c1-20(2)22-10-8-21(9-11-22)17-30(3)15-14-23-16-24(12-13-27(23)36-30)29(35)32(19-28(33)34)18-25-6-4-5-7-26(25)31/h4-13,16,20H,14-15,17-19H2,1-3H3,(H,33,34). The first kappa shape index (κ1) is 25.8. The number of fused-ring (bicyclic) bond motifs is 1. The van der Waals surface area contributed by atoms with Crippen LogP contribution in [0, 0.1) is 0 Å². The van der Waals surface area contributed by atoms with Gasteiger partial charge < -0.3 is 14.7 Å². The molecule has 3 aromatic rings. The van der Waals surface area contributed by atoms with E-state index in [1.54, 1.807) is 24.3 Å². The van der Waals surface area contributed by atoms with Crippen LogP contribution in [0.1, 0.15) is 65.7 Å². The number of aryl methyl sites for hydroxylation is 1. The van der Waals surface area contributed by atoms with Crippen molar-refractivity contribution in [2.75, 3.05) is 6.54 Å². The Labute approximate surface area is 217 Å². The highest BCUT2D eigenvalue weighted by Crippen LogP contribution is 2.36. The minimum absolute atomic E-state index is 0.117. The van der Waals surface area contributed by atoms with Gasteiger partial charge in [0.05, 0.1) is 0 Å². The van der Waals surface area contributed by atoms with Gasteiger partial charge in [-0.1, -0.05) is 67.9 Å². The van der Waals surface area contributed by atoms with Crippen molar-refractivity contribution in [2.45, 2.75) is 58.1 Å². The van der Waals surface area contributed by atoms with Crippen molar-refractivity contribution in [1.29, 1.82) is 0 Å². The van der Waals surface area contributed by atoms with Crippen LogP contribution in [0.15, 0.2) is 66.7 Å². The first-order valence-electron chi connectivity index (χ1n) is 12.3. The van der Waals surface area contributed by atoms with Crippen molar-refractivity contribution in [3.63, 3.8) is 0 Å². The number of carboxylic acid groups (broad SMARTS) is 1. The topological polar surface area (TPSA) is 66.8 Å². The first-order chi connectivity index (χ1) is 17.1. The fourth-order valence-corrected chi connectivity index (χ4v) is 4.87. The van der Waals surface area contributed by atoms with Crippen LogP contribution in [-0.2, 0) is 24.2 Å². The summed E-state index contributed by atoms with van der Waals surface area (Å²) >= 11 is 6.25. The molecule has 0 saturated heterocycles. The summed E-state index contributed by atoms with van der Waals surface area (Å²) in [4.78, 5) is 26.1. The fraction of sp³-hybridized carbons (Fsp3) is 0.333. The molecule has 0 saturated carbocycles. The number of aliphatic carboxylic acids is 1. The molecule has 1 N–H and O–H groups in total. The Kier molecular flexibility index (Phi) is 7.70. The second-order valence-electron chi connectivity index (χ2n) is 10.1. The third-order valence-electron chi connectivity index (χ3n) is 6.74. The van der Waals surface area contributed by atoms with Gasteiger partial charge in [0.1, 0.15) is 17.9 Å². The van der Waals surface area contributed by atoms with Gasteiger partial charge in [-0.05, 0) is 72.2 Å². The molecule has 0 radical (unpaired) electrons. The quantitative estimate of drug-likeness (QED) is 0.378. The van der Waals surface area contributed by atoms with Gasteiger partial charge in [-0.2, -0.15) is 0 Å². The summed E-state index contributed by atoms with van der Waals surface area (Å²) in [5, 5.41) is 9.89. The maximum absolute atomic E-state index is 13.3. The van der Waals surface area contributed by atoms with Crippen molar-refractivity contribution < 1.29 is 19.4 Å². The minimum Gasteiger partial charge on any atom is -0.487 e. The molecule has 1 unspecified atom stereocenters. The van der Waals surface area contributed by atoms with E-state index in [1.807, 2.05) is 18.2 Å². The summed E-state index contributed by atoms with van der Waals surface area (Å²) in [6.45, 7) is 6.21. The van der Waals surface area contributed by atoms with Gasteiger partial charge in [-0.3, -0.25) is 9.59 Å². The SMILES string of the molecule is CC(C)c1ccc(CC2(C)CCc3cc(C(=O)N(CC(=O)O)Cc4ccccc4Cl)ccc3O2)cc1. The molecule has 1 aliphatic heterocycles. The van der Waals surface area contributed by atoms with E-state index in [4.69, 9.17) is 16.3 Å². The van der Waals surface area contributed by atoms with E-state index in [1.165, 1.54) is 16.0 Å². The summed E-state index contributed by atoms with van der Waals surface area (Å²) in [6, 6.07) is 21.2. The third kappa shape index (κ3) is 6.08. The molecule has 0 bridgehead atoms. The summed E-state index contributed by atoms with van der Waals surface area (Å²) in [6.07, 6.45) is 2.40. The van der Waals surface area contributed by atoms with Gasteiger partial charge in [0.15, 0.2) is 0 Å². The maximum atomic E-state index is 13.3. The number of carbonyl (C=O) groups is 2. The number of hydrogen-bond acceptors (Lipinski definition) is 3. The van der Waals surface area contributed by atoms with E-state index in [0.717, 1.165) is 30.6 Å². The molecule has 4 rings (SSSR count). The summed E-state index contributed by atoms with van der Waals surface area (Å²) in [7, 11) is 0. The van der Waals surface area contributed by atoms with Crippen molar-refractivity contribution in [1.82, 2.24) is 4.90 Å². The maximum Gasteiger partial charge on any atom is 0.323 e. The Bertz CT molecular complexity index is 1250. The molecule has 0 aromatic heterocycles. The van der Waals surface area contributed by atoms with Gasteiger partial charge in [0.2, 0.25) is 0 Å². The molecule has 0 aliphatic carbocycles. The van der Waals surface area contributed by atoms with Crippen molar-refractivity contribution in [3.8, 4) is 5.75 Å². The van der Waals surface area contributed by atoms with E-state index in [-0.39, 0.29) is 18.1 Å². The molecule has 0 fully saturated rings. The monoisotopic (exact) mass is 505 g/mol. The number of benzene rings is 3. The zero-order valence-electron chi connectivity index (χ0n) is 21.0. The summed E-state index contributed by atoms with van der Waals surface area (Å²) < 4.78 is 6.44. The highest BCUT2D eigenvalue weighted by Gasteiger charge is 2.32. The number of rotatable bonds is 8. The Morgan fingerprint density at radius 2 is 1.81 bits per heavy atom. The fourth-order valence-electron chi connectivity index (χ4n) is 4.68. The zero-order chi connectivity index (χ0) is 25.9. The normalized spacial score (nSPS) is 16.8. The smallest absolute Gasteiger partial charge is 0.323 e. The summed E-state index contributed by atoms with van der Waals surface area (Å²) in [5.41, 5.74) is 4.33. The largest absolute Gasteiger partial charge is 0.487 e. The third-order valence-corrected chi connectivity index (χ3v) is 7.11. The highest BCUT2D eigenvalue weighted by molar-refractivity contribution is 6.31. The number of ether oxygens (including phenoxy) is 1. The lowest BCUT2D eigenvalue weighted by molar-refractivity contribution is -0.137. The highest BCUT2D eigenvalue weighted by atomic mass is 35.5. The molecule has 0 spiro atoms. The second kappa shape index (κ2) is 10.8. The van der Waals surface area contributed by atoms with Crippen LogP contribution in [0.3, 0.4) is 0 Å². The van der Waals surface area contributed by atoms with E-state index < -0.39 is 12.5 Å². The number of hydrogen-bond donors (Lipinski definition) is 1. The Morgan fingerprint density at radius 3 is 2.47 bits per heavy atom. The van der Waals surface area contributed by atoms with E-state index in [9.17, 15) is 14.7 Å². The predicted octanol–water partition coefficient (Wildman–Crippen LogP) is 6.52. The molecule has 36 heavy (non-hydrogen) atoms. The van der Waals surface area contributed by atoms with E-state index >= 15 is 0 Å². The van der Waals surface area contributed by atoms with Crippen molar-refractivity contribution in [3.05, 3.63) is 99.6 Å². The van der Waals surface area contributed by atoms with Crippen molar-refractivity contribution in [2.24, 2.45) is 0 Å². The molecule has 1 aliphatic rings. The molecule has 5 nitrogen and oxygen atoms in total. The molecule has 1 amide bonds. The first-order valence-corrected chi connectivity index (χ1v) is 12.7. The average molecular weight is 506 g/mol. The molecule has 3 aromatic carbocycles. The Balaban J connectivity index is 1.50. The number of carboxylic acids is 1. The lowest BCUT2D eigenvalue weighted by Crippen LogP contribution is -2.39. The number of carbonyl (C=O) groups excluding carboxylic acids is 1. The van der Waals surface area contributed by atoms with Crippen LogP contribution >= 0.6 is 11.6 Å². The van der Waals surface area contributed by atoms with Crippen LogP contribution in [0.5, 0.6) is 5.75 Å². The molecule has 188 valence electrons. The number of halogens is 1. The zero-order valence-corrected chi connectivity index (χ0v) is 21.7. The van der Waals surface area contributed by atoms with Crippen LogP contribution < -0.4 is 4.74 Å². The van der Waals surface area contributed by atoms with Gasteiger partial charge in [0.25, 0.3) is 5.91 Å². The van der Waals surface area contributed by atoms with E-state index in [2.05, 4.69) is 45.0 Å². The molecule has 1 atom stereocenters. The van der Waals surface area contributed by atoms with Crippen LogP contribution in [-0.4, -0.2) is 34.0 Å². The lowest BCUT2D eigenvalue weighted by Gasteiger charge is -2.36. The van der Waals surface area contributed by atoms with Gasteiger partial charge in [-0.15, -0.1) is 0 Å². The lowest BCUT2D eigenvalue weighted by atomic mass is 9.86. The molecule has 6 heteroatoms. The summed E-state index contributed by atoms with van der Waals surface area (Å²) in [5.74, 6) is -0.150. The van der Waals surface area contributed by atoms with Crippen molar-refractivity contribution >= 4 is 23.5 Å². The minimum atomic E-state index is -1.08. The van der Waals surface area contributed by atoms with Crippen LogP contribution in [0.2, 0.25) is 5.02 Å². The van der Waals surface area contributed by atoms with Crippen LogP contribution in [0.25, 0.3) is 0 Å². The molecular weight excluding hydrogens is 474 g/mol. The Morgan fingerprint density at radius 1 is 1.08 bits per heavy atom. The van der Waals surface area contributed by atoms with Crippen LogP contribution in [0.4, 0.5) is 0 Å². The molecular formula is C30H32ClNO4.